The van der Waals surface area contributed by atoms with Crippen molar-refractivity contribution in [2.24, 2.45) is 0 Å². The average Bonchev–Trinajstić information content (AvgIpc) is 3.17. The number of aromatic nitrogens is 3. The Morgan fingerprint density at radius 3 is 2.32 bits per heavy atom. The number of carbonyl (C=O) groups is 1. The Bertz CT molecular complexity index is 1020. The number of hydrogen-bond donors (Lipinski definition) is 1. The normalized spacial score (nSPS) is 13.3. The van der Waals surface area contributed by atoms with Crippen molar-refractivity contribution < 1.29 is 4.79 Å². The van der Waals surface area contributed by atoms with Crippen LogP contribution in [0.2, 0.25) is 5.02 Å². The van der Waals surface area contributed by atoms with E-state index in [-0.39, 0.29) is 17.2 Å². The molecule has 1 amide bonds. The van der Waals surface area contributed by atoms with E-state index < -0.39 is 0 Å². The van der Waals surface area contributed by atoms with E-state index in [1.54, 1.807) is 0 Å². The molecule has 1 N–H and O–H groups in total. The highest BCUT2D eigenvalue weighted by atomic mass is 35.5. The first-order valence-corrected chi connectivity index (χ1v) is 11.5. The van der Waals surface area contributed by atoms with Crippen molar-refractivity contribution in [2.45, 2.75) is 43.6 Å². The first-order chi connectivity index (χ1) is 14.8. The first-order valence-electron chi connectivity index (χ1n) is 10.2. The summed E-state index contributed by atoms with van der Waals surface area (Å²) in [6, 6.07) is 15.5. The molecule has 0 saturated heterocycles. The molecule has 3 aromatic rings. The Kier molecular flexibility index (Phi) is 7.75. The molecular formula is C23H28ClN5OS. The Balaban J connectivity index is 1.84. The summed E-state index contributed by atoms with van der Waals surface area (Å²) < 4.78 is 1.99. The molecule has 31 heavy (non-hydrogen) atoms. The summed E-state index contributed by atoms with van der Waals surface area (Å²) in [7, 11) is 4.00. The third kappa shape index (κ3) is 5.67. The van der Waals surface area contributed by atoms with E-state index in [4.69, 9.17) is 11.6 Å². The van der Waals surface area contributed by atoms with Crippen LogP contribution >= 0.6 is 23.4 Å². The van der Waals surface area contributed by atoms with Gasteiger partial charge in [0.2, 0.25) is 5.91 Å². The molecule has 2 unspecified atom stereocenters. The van der Waals surface area contributed by atoms with Crippen LogP contribution in [0.4, 0.5) is 5.69 Å². The van der Waals surface area contributed by atoms with E-state index in [0.717, 1.165) is 23.6 Å². The van der Waals surface area contributed by atoms with Crippen LogP contribution in [0.15, 0.2) is 53.7 Å². The molecule has 1 heterocycles. The molecule has 2 aromatic carbocycles. The zero-order valence-corrected chi connectivity index (χ0v) is 20.0. The van der Waals surface area contributed by atoms with Gasteiger partial charge in [-0.2, -0.15) is 0 Å². The molecule has 8 heteroatoms. The fourth-order valence-electron chi connectivity index (χ4n) is 2.97. The number of nitrogens with one attached hydrogen (secondary N) is 1. The number of benzene rings is 2. The van der Waals surface area contributed by atoms with Crippen molar-refractivity contribution in [3.05, 3.63) is 64.9 Å². The summed E-state index contributed by atoms with van der Waals surface area (Å²) in [5, 5.41) is 12.8. The van der Waals surface area contributed by atoms with Crippen molar-refractivity contribution in [3.8, 4) is 5.69 Å². The SMILES string of the molecule is CCc1ccc(NC(=O)C(C)Sc2nnc(C(C)N(C)C)n2-c2ccc(Cl)cc2)cc1. The number of anilines is 1. The minimum atomic E-state index is -0.358. The number of rotatable bonds is 8. The molecule has 0 aliphatic rings. The minimum Gasteiger partial charge on any atom is -0.325 e. The van der Waals surface area contributed by atoms with Crippen molar-refractivity contribution >= 4 is 35.0 Å². The van der Waals surface area contributed by atoms with Crippen LogP contribution in [-0.4, -0.2) is 44.9 Å². The van der Waals surface area contributed by atoms with Gasteiger partial charge in [-0.1, -0.05) is 42.4 Å². The second kappa shape index (κ2) is 10.3. The smallest absolute Gasteiger partial charge is 0.237 e. The lowest BCUT2D eigenvalue weighted by Gasteiger charge is -2.21. The lowest BCUT2D eigenvalue weighted by molar-refractivity contribution is -0.115. The molecule has 0 bridgehead atoms. The fraction of sp³-hybridized carbons (Fsp3) is 0.348. The molecule has 6 nitrogen and oxygen atoms in total. The van der Waals surface area contributed by atoms with E-state index in [2.05, 4.69) is 34.3 Å². The van der Waals surface area contributed by atoms with Crippen LogP contribution in [0, 0.1) is 0 Å². The van der Waals surface area contributed by atoms with E-state index >= 15 is 0 Å². The van der Waals surface area contributed by atoms with Crippen molar-refractivity contribution in [1.82, 2.24) is 19.7 Å². The van der Waals surface area contributed by atoms with Gasteiger partial charge in [-0.3, -0.25) is 14.3 Å². The Hall–Kier alpha value is -2.35. The highest BCUT2D eigenvalue weighted by Gasteiger charge is 2.24. The maximum atomic E-state index is 12.8. The summed E-state index contributed by atoms with van der Waals surface area (Å²) in [6.07, 6.45) is 0.967. The monoisotopic (exact) mass is 457 g/mol. The van der Waals surface area contributed by atoms with Crippen LogP contribution in [0.25, 0.3) is 5.69 Å². The number of halogens is 1. The van der Waals surface area contributed by atoms with Crippen LogP contribution in [0.1, 0.15) is 38.2 Å². The second-order valence-electron chi connectivity index (χ2n) is 7.59. The summed E-state index contributed by atoms with van der Waals surface area (Å²) in [5.41, 5.74) is 2.93. The van der Waals surface area contributed by atoms with Gasteiger partial charge in [-0.05, 0) is 76.3 Å². The predicted molar refractivity (Wildman–Crippen MR) is 128 cm³/mol. The Morgan fingerprint density at radius 2 is 1.74 bits per heavy atom. The summed E-state index contributed by atoms with van der Waals surface area (Å²) in [4.78, 5) is 14.9. The van der Waals surface area contributed by atoms with E-state index in [0.29, 0.717) is 10.2 Å². The topological polar surface area (TPSA) is 63.1 Å². The van der Waals surface area contributed by atoms with Gasteiger partial charge in [0.15, 0.2) is 11.0 Å². The third-order valence-electron chi connectivity index (χ3n) is 5.17. The maximum Gasteiger partial charge on any atom is 0.237 e. The molecule has 164 valence electrons. The van der Waals surface area contributed by atoms with Gasteiger partial charge < -0.3 is 5.32 Å². The lowest BCUT2D eigenvalue weighted by atomic mass is 10.1. The number of hydrogen-bond acceptors (Lipinski definition) is 5. The van der Waals surface area contributed by atoms with Crippen LogP contribution in [0.3, 0.4) is 0 Å². The zero-order valence-electron chi connectivity index (χ0n) is 18.5. The van der Waals surface area contributed by atoms with Gasteiger partial charge in [-0.25, -0.2) is 0 Å². The molecule has 0 spiro atoms. The number of amides is 1. The van der Waals surface area contributed by atoms with Crippen molar-refractivity contribution in [3.63, 3.8) is 0 Å². The van der Waals surface area contributed by atoms with Gasteiger partial charge in [0, 0.05) is 16.4 Å². The Labute approximate surface area is 193 Å². The van der Waals surface area contributed by atoms with Crippen LogP contribution < -0.4 is 5.32 Å². The molecule has 0 saturated carbocycles. The van der Waals surface area contributed by atoms with Gasteiger partial charge in [0.1, 0.15) is 0 Å². The number of nitrogens with zero attached hydrogens (tertiary/aromatic N) is 4. The number of carbonyl (C=O) groups excluding carboxylic acids is 1. The second-order valence-corrected chi connectivity index (χ2v) is 9.34. The zero-order chi connectivity index (χ0) is 22.5. The minimum absolute atomic E-state index is 0.0405. The summed E-state index contributed by atoms with van der Waals surface area (Å²) >= 11 is 7.46. The standard InChI is InChI=1S/C23H28ClN5OS/c1-6-17-7-11-19(12-8-17)25-22(30)16(3)31-23-27-26-21(15(2)28(4)5)29(23)20-13-9-18(24)10-14-20/h7-16H,6H2,1-5H3,(H,25,30). The van der Waals surface area contributed by atoms with Crippen molar-refractivity contribution in [1.29, 1.82) is 0 Å². The molecule has 3 rings (SSSR count). The quantitative estimate of drug-likeness (QED) is 0.469. The van der Waals surface area contributed by atoms with Gasteiger partial charge in [0.25, 0.3) is 0 Å². The molecular weight excluding hydrogens is 430 g/mol. The van der Waals surface area contributed by atoms with Gasteiger partial charge >= 0.3 is 0 Å². The average molecular weight is 458 g/mol. The highest BCUT2D eigenvalue weighted by molar-refractivity contribution is 8.00. The molecule has 0 fully saturated rings. The van der Waals surface area contributed by atoms with Gasteiger partial charge in [-0.15, -0.1) is 10.2 Å². The van der Waals surface area contributed by atoms with E-state index in [1.807, 2.05) is 74.1 Å². The molecule has 0 radical (unpaired) electrons. The van der Waals surface area contributed by atoms with Crippen LogP contribution in [-0.2, 0) is 11.2 Å². The molecule has 1 aromatic heterocycles. The number of aryl methyl sites for hydroxylation is 1. The van der Waals surface area contributed by atoms with Crippen LogP contribution in [0.5, 0.6) is 0 Å². The maximum absolute atomic E-state index is 12.8. The summed E-state index contributed by atoms with van der Waals surface area (Å²) in [6.45, 7) is 6.05. The molecule has 0 aliphatic heterocycles. The predicted octanol–water partition coefficient (Wildman–Crippen LogP) is 5.23. The lowest BCUT2D eigenvalue weighted by Crippen LogP contribution is -2.23. The molecule has 2 atom stereocenters. The third-order valence-corrected chi connectivity index (χ3v) is 6.47. The first kappa shape index (κ1) is 23.3. The van der Waals surface area contributed by atoms with E-state index in [1.165, 1.54) is 17.3 Å². The fourth-order valence-corrected chi connectivity index (χ4v) is 3.97. The highest BCUT2D eigenvalue weighted by Crippen LogP contribution is 2.30. The van der Waals surface area contributed by atoms with E-state index in [9.17, 15) is 4.79 Å². The Morgan fingerprint density at radius 1 is 1.10 bits per heavy atom. The summed E-state index contributed by atoms with van der Waals surface area (Å²) in [5.74, 6) is 0.722. The van der Waals surface area contributed by atoms with Crippen molar-refractivity contribution in [2.75, 3.05) is 19.4 Å². The molecule has 0 aliphatic carbocycles. The number of thioether (sulfide) groups is 1. The largest absolute Gasteiger partial charge is 0.325 e. The van der Waals surface area contributed by atoms with Gasteiger partial charge in [0.05, 0.1) is 11.3 Å².